The van der Waals surface area contributed by atoms with Crippen molar-refractivity contribution in [3.8, 4) is 5.75 Å². The van der Waals surface area contributed by atoms with Crippen molar-refractivity contribution in [2.75, 3.05) is 32.8 Å². The second kappa shape index (κ2) is 10.5. The van der Waals surface area contributed by atoms with Gasteiger partial charge in [-0.1, -0.05) is 18.2 Å². The Bertz CT molecular complexity index is 922. The molecule has 2 saturated heterocycles. The Morgan fingerprint density at radius 3 is 2.14 bits per heavy atom. The first kappa shape index (κ1) is 26.9. The number of hydrogen-bond acceptors (Lipinski definition) is 3. The van der Waals surface area contributed by atoms with Gasteiger partial charge in [0.2, 0.25) is 11.8 Å². The minimum atomic E-state index is -5.53. The molecular weight excluding hydrogens is 478 g/mol. The Hall–Kier alpha value is -2.72. The van der Waals surface area contributed by atoms with Gasteiger partial charge in [-0.3, -0.25) is 9.59 Å². The average molecular weight is 506 g/mol. The van der Waals surface area contributed by atoms with E-state index in [4.69, 9.17) is 4.74 Å². The van der Waals surface area contributed by atoms with Crippen molar-refractivity contribution in [1.29, 1.82) is 0 Å². The van der Waals surface area contributed by atoms with Gasteiger partial charge in [0.25, 0.3) is 0 Å². The number of amides is 2. The standard InChI is InChI=1S/C24H28F6N2O3/c1-2-35-18-6-4-3-5-17(18)7-8-20(33)31-12-9-22(10-13-31)11-14-32(16-22)21(34)15-19(23(25,26)27)24(28,29)30/h3-8,19H,2,9-16H2,1H3. The van der Waals surface area contributed by atoms with Crippen LogP contribution >= 0.6 is 0 Å². The zero-order valence-corrected chi connectivity index (χ0v) is 19.3. The van der Waals surface area contributed by atoms with Gasteiger partial charge in [-0.2, -0.15) is 26.3 Å². The molecule has 0 atom stereocenters. The molecule has 0 bridgehead atoms. The summed E-state index contributed by atoms with van der Waals surface area (Å²) in [6.07, 6.45) is -8.05. The first-order valence-electron chi connectivity index (χ1n) is 11.4. The molecule has 5 nitrogen and oxygen atoms in total. The molecule has 1 aromatic rings. The van der Waals surface area contributed by atoms with E-state index in [1.165, 1.54) is 6.08 Å². The van der Waals surface area contributed by atoms with Crippen molar-refractivity contribution >= 4 is 17.9 Å². The van der Waals surface area contributed by atoms with E-state index in [1.54, 1.807) is 17.0 Å². The first-order valence-corrected chi connectivity index (χ1v) is 11.4. The molecule has 0 saturated carbocycles. The summed E-state index contributed by atoms with van der Waals surface area (Å²) < 4.78 is 82.5. The van der Waals surface area contributed by atoms with E-state index in [-0.39, 0.29) is 19.0 Å². The number of carbonyl (C=O) groups excluding carboxylic acids is 2. The van der Waals surface area contributed by atoms with Crippen molar-refractivity contribution in [3.05, 3.63) is 35.9 Å². The van der Waals surface area contributed by atoms with E-state index < -0.39 is 36.0 Å². The maximum Gasteiger partial charge on any atom is 0.400 e. The molecule has 1 aromatic carbocycles. The van der Waals surface area contributed by atoms with Gasteiger partial charge in [0.15, 0.2) is 5.92 Å². The highest BCUT2D eigenvalue weighted by atomic mass is 19.4. The second-order valence-corrected chi connectivity index (χ2v) is 9.03. The van der Waals surface area contributed by atoms with Crippen molar-refractivity contribution in [3.63, 3.8) is 0 Å². The van der Waals surface area contributed by atoms with Crippen LogP contribution in [0.2, 0.25) is 0 Å². The normalized spacial score (nSPS) is 18.6. The molecule has 0 unspecified atom stereocenters. The lowest BCUT2D eigenvalue weighted by Crippen LogP contribution is -2.45. The summed E-state index contributed by atoms with van der Waals surface area (Å²) in [5, 5.41) is 0. The van der Waals surface area contributed by atoms with E-state index in [0.717, 1.165) is 10.5 Å². The van der Waals surface area contributed by atoms with E-state index in [1.807, 2.05) is 25.1 Å². The van der Waals surface area contributed by atoms with Crippen LogP contribution in [-0.4, -0.2) is 66.8 Å². The third-order valence-corrected chi connectivity index (χ3v) is 6.72. The number of para-hydroxylation sites is 1. The van der Waals surface area contributed by atoms with E-state index in [0.29, 0.717) is 44.7 Å². The lowest BCUT2D eigenvalue weighted by atomic mass is 9.77. The highest BCUT2D eigenvalue weighted by Gasteiger charge is 2.58. The molecule has 2 aliphatic heterocycles. The van der Waals surface area contributed by atoms with Crippen LogP contribution in [0, 0.1) is 11.3 Å². The van der Waals surface area contributed by atoms with Crippen LogP contribution in [-0.2, 0) is 9.59 Å². The zero-order chi connectivity index (χ0) is 25.9. The number of carbonyl (C=O) groups is 2. The lowest BCUT2D eigenvalue weighted by molar-refractivity contribution is -0.284. The third-order valence-electron chi connectivity index (χ3n) is 6.72. The third kappa shape index (κ3) is 6.70. The van der Waals surface area contributed by atoms with E-state index in [9.17, 15) is 35.9 Å². The van der Waals surface area contributed by atoms with Crippen LogP contribution in [0.5, 0.6) is 5.75 Å². The fraction of sp³-hybridized carbons (Fsp3) is 0.583. The van der Waals surface area contributed by atoms with Gasteiger partial charge >= 0.3 is 12.4 Å². The zero-order valence-electron chi connectivity index (χ0n) is 19.3. The van der Waals surface area contributed by atoms with Gasteiger partial charge in [-0.15, -0.1) is 0 Å². The Labute approximate surface area is 199 Å². The summed E-state index contributed by atoms with van der Waals surface area (Å²) in [5.74, 6) is -4.35. The summed E-state index contributed by atoms with van der Waals surface area (Å²) >= 11 is 0. The number of hydrogen-bond donors (Lipinski definition) is 0. The fourth-order valence-corrected chi connectivity index (χ4v) is 4.65. The number of benzene rings is 1. The van der Waals surface area contributed by atoms with Gasteiger partial charge in [-0.25, -0.2) is 0 Å². The minimum absolute atomic E-state index is 0.105. The molecule has 2 heterocycles. The van der Waals surface area contributed by atoms with Crippen LogP contribution < -0.4 is 4.74 Å². The molecular formula is C24H28F6N2O3. The first-order chi connectivity index (χ1) is 16.3. The quantitative estimate of drug-likeness (QED) is 0.400. The van der Waals surface area contributed by atoms with Crippen molar-refractivity contribution < 1.29 is 40.7 Å². The van der Waals surface area contributed by atoms with E-state index in [2.05, 4.69) is 0 Å². The smallest absolute Gasteiger partial charge is 0.400 e. The Morgan fingerprint density at radius 2 is 1.57 bits per heavy atom. The number of likely N-dealkylation sites (tertiary alicyclic amines) is 2. The predicted octanol–water partition coefficient (Wildman–Crippen LogP) is 5.07. The van der Waals surface area contributed by atoms with Gasteiger partial charge in [0, 0.05) is 44.2 Å². The predicted molar refractivity (Wildman–Crippen MR) is 116 cm³/mol. The van der Waals surface area contributed by atoms with Crippen LogP contribution in [0.25, 0.3) is 6.08 Å². The van der Waals surface area contributed by atoms with E-state index >= 15 is 0 Å². The molecule has 0 aromatic heterocycles. The SMILES string of the molecule is CCOc1ccccc1C=CC(=O)N1CCC2(CC1)CCN(C(=O)CC(C(F)(F)F)C(F)(F)F)C2. The summed E-state index contributed by atoms with van der Waals surface area (Å²) in [6, 6.07) is 7.29. The summed E-state index contributed by atoms with van der Waals surface area (Å²) in [4.78, 5) is 27.7. The molecule has 0 radical (unpaired) electrons. The van der Waals surface area contributed by atoms with Gasteiger partial charge in [-0.05, 0) is 43.7 Å². The number of halogens is 6. The molecule has 35 heavy (non-hydrogen) atoms. The highest BCUT2D eigenvalue weighted by molar-refractivity contribution is 5.92. The maximum atomic E-state index is 12.8. The molecule has 2 aliphatic rings. The average Bonchev–Trinajstić information content (AvgIpc) is 3.19. The van der Waals surface area contributed by atoms with Crippen LogP contribution in [0.3, 0.4) is 0 Å². The van der Waals surface area contributed by atoms with Crippen LogP contribution in [0.15, 0.2) is 30.3 Å². The molecule has 3 rings (SSSR count). The number of ether oxygens (including phenoxy) is 1. The Morgan fingerprint density at radius 1 is 1.00 bits per heavy atom. The number of nitrogens with zero attached hydrogens (tertiary/aromatic N) is 2. The van der Waals surface area contributed by atoms with Crippen LogP contribution in [0.4, 0.5) is 26.3 Å². The monoisotopic (exact) mass is 506 g/mol. The van der Waals surface area contributed by atoms with Crippen molar-refractivity contribution in [2.45, 2.75) is 45.0 Å². The van der Waals surface area contributed by atoms with Gasteiger partial charge in [0.1, 0.15) is 5.75 Å². The van der Waals surface area contributed by atoms with Crippen molar-refractivity contribution in [2.24, 2.45) is 11.3 Å². The molecule has 2 fully saturated rings. The largest absolute Gasteiger partial charge is 0.493 e. The topological polar surface area (TPSA) is 49.9 Å². The van der Waals surface area contributed by atoms with Gasteiger partial charge in [0.05, 0.1) is 6.61 Å². The molecule has 11 heteroatoms. The molecule has 0 N–H and O–H groups in total. The summed E-state index contributed by atoms with van der Waals surface area (Å²) in [5.41, 5.74) is 0.362. The Balaban J connectivity index is 1.55. The molecule has 1 spiro atoms. The van der Waals surface area contributed by atoms with Crippen molar-refractivity contribution in [1.82, 2.24) is 9.80 Å². The number of piperidine rings is 1. The Kier molecular flexibility index (Phi) is 8.06. The second-order valence-electron chi connectivity index (χ2n) is 9.03. The maximum absolute atomic E-state index is 12.8. The molecule has 194 valence electrons. The number of alkyl halides is 6. The number of rotatable bonds is 6. The minimum Gasteiger partial charge on any atom is -0.493 e. The summed E-state index contributed by atoms with van der Waals surface area (Å²) in [6.45, 7) is 3.35. The lowest BCUT2D eigenvalue weighted by Gasteiger charge is -2.39. The highest BCUT2D eigenvalue weighted by Crippen LogP contribution is 2.44. The van der Waals surface area contributed by atoms with Crippen LogP contribution in [0.1, 0.15) is 38.2 Å². The van der Waals surface area contributed by atoms with Gasteiger partial charge < -0.3 is 14.5 Å². The fourth-order valence-electron chi connectivity index (χ4n) is 4.65. The molecule has 2 amide bonds. The molecule has 0 aliphatic carbocycles. The summed E-state index contributed by atoms with van der Waals surface area (Å²) in [7, 11) is 0.